The van der Waals surface area contributed by atoms with Crippen LogP contribution in [-0.2, 0) is 34.0 Å². The number of carbonyl (C=O) groups is 5. The Morgan fingerprint density at radius 2 is 1.51 bits per heavy atom. The Morgan fingerprint density at radius 1 is 0.836 bits per heavy atom. The number of esters is 1. The van der Waals surface area contributed by atoms with Gasteiger partial charge in [0.15, 0.2) is 0 Å². The Labute approximate surface area is 386 Å². The van der Waals surface area contributed by atoms with Crippen molar-refractivity contribution in [1.82, 2.24) is 15.5 Å². The lowest BCUT2D eigenvalue weighted by molar-refractivity contribution is -0.178. The number of nitrogens with two attached hydrogens (primary N) is 1. The number of para-hydroxylation sites is 1. The highest BCUT2D eigenvalue weighted by atomic mass is 16.6. The molecule has 6 N–H and O–H groups in total. The molecular formula is C51H49N5O11. The van der Waals surface area contributed by atoms with Gasteiger partial charge in [0.1, 0.15) is 36.5 Å². The molecule has 7 atom stereocenters. The normalized spacial score (nSPS) is 22.1. The summed E-state index contributed by atoms with van der Waals surface area (Å²) in [6.07, 6.45) is -3.27. The summed E-state index contributed by atoms with van der Waals surface area (Å²) < 4.78 is 23.5. The van der Waals surface area contributed by atoms with E-state index in [0.717, 1.165) is 4.90 Å². The molecule has 3 heterocycles. The third-order valence-corrected chi connectivity index (χ3v) is 12.2. The molecule has 8 rings (SSSR count). The molecule has 0 aliphatic carbocycles. The van der Waals surface area contributed by atoms with Crippen LogP contribution in [0, 0.1) is 17.8 Å². The van der Waals surface area contributed by atoms with E-state index in [4.69, 9.17) is 24.7 Å². The SMILES string of the molecule is COCCOC(=O)N1C(=O)[C@@]2(c3cc(C#CCNC(N)=O)ccc31)[C@H](C(=O)NC[C@H](O)c1ccccc1)[C@H]1C(=O)O[C@H](c3ccccc3)[C@H](c3ccccc3)N1[C@@H]2c1ccccc1OCCO. The number of carbonyl (C=O) groups excluding carboxylic acids is 5. The standard InChI is InChI=1S/C51H49N5O11/c1-64-28-29-66-50(63)55-38-24-23-32(14-13-25-53-49(52)62)30-37(38)51(48(55)61)41(46(59)54-31-39(58)33-15-5-2-6-16-33)43-47(60)67-44(35-19-9-4-10-20-35)42(34-17-7-3-8-18-34)56(43)45(51)36-21-11-12-22-40(36)65-27-26-57/h2-12,15-24,30,39,41-45,57-58H,25-29,31H2,1H3,(H,54,59)(H3,52,53,62)/t39-,41-,42-,43-,44+,45+,51-/m0/s1. The van der Waals surface area contributed by atoms with E-state index in [1.54, 1.807) is 66.7 Å². The van der Waals surface area contributed by atoms with Crippen LogP contribution in [0.5, 0.6) is 5.75 Å². The van der Waals surface area contributed by atoms with Crippen molar-refractivity contribution in [3.63, 3.8) is 0 Å². The molecule has 2 saturated heterocycles. The lowest BCUT2D eigenvalue weighted by atomic mass is 9.65. The van der Waals surface area contributed by atoms with Crippen molar-refractivity contribution < 1.29 is 53.1 Å². The number of benzene rings is 5. The molecule has 0 unspecified atom stereocenters. The maximum absolute atomic E-state index is 16.3. The molecule has 0 bridgehead atoms. The van der Waals surface area contributed by atoms with Crippen molar-refractivity contribution >= 4 is 35.6 Å². The molecule has 2 fully saturated rings. The molecule has 67 heavy (non-hydrogen) atoms. The van der Waals surface area contributed by atoms with Gasteiger partial charge in [-0.05, 0) is 46.5 Å². The van der Waals surface area contributed by atoms with E-state index in [0.29, 0.717) is 27.8 Å². The first-order valence-corrected chi connectivity index (χ1v) is 21.7. The van der Waals surface area contributed by atoms with E-state index in [1.165, 1.54) is 13.2 Å². The molecule has 3 aliphatic heterocycles. The minimum Gasteiger partial charge on any atom is -0.491 e. The third kappa shape index (κ3) is 8.80. The molecule has 0 saturated carbocycles. The smallest absolute Gasteiger partial charge is 0.421 e. The summed E-state index contributed by atoms with van der Waals surface area (Å²) in [5.41, 5.74) is 5.76. The number of rotatable bonds is 14. The average Bonchev–Trinajstić information content (AvgIpc) is 3.80. The van der Waals surface area contributed by atoms with Crippen molar-refractivity contribution in [1.29, 1.82) is 0 Å². The number of hydrogen-bond acceptors (Lipinski definition) is 12. The molecule has 3 aliphatic rings. The second-order valence-electron chi connectivity index (χ2n) is 16.0. The van der Waals surface area contributed by atoms with Crippen molar-refractivity contribution in [3.8, 4) is 17.6 Å². The Kier molecular flexibility index (Phi) is 13.9. The fraction of sp³-hybridized carbons (Fsp3) is 0.275. The predicted molar refractivity (Wildman–Crippen MR) is 243 cm³/mol. The maximum atomic E-state index is 16.3. The molecule has 5 amide bonds. The van der Waals surface area contributed by atoms with Gasteiger partial charge in [-0.1, -0.05) is 121 Å². The summed E-state index contributed by atoms with van der Waals surface area (Å²) >= 11 is 0. The molecule has 0 radical (unpaired) electrons. The fourth-order valence-corrected chi connectivity index (χ4v) is 9.58. The predicted octanol–water partition coefficient (Wildman–Crippen LogP) is 4.38. The number of primary amides is 1. The van der Waals surface area contributed by atoms with Gasteiger partial charge >= 0.3 is 18.1 Å². The minimum absolute atomic E-state index is 0.00786. The van der Waals surface area contributed by atoms with Gasteiger partial charge in [0, 0.05) is 24.8 Å². The number of nitrogens with one attached hydrogen (secondary N) is 2. The van der Waals surface area contributed by atoms with Crippen LogP contribution >= 0.6 is 0 Å². The molecule has 16 heteroatoms. The van der Waals surface area contributed by atoms with Gasteiger partial charge in [-0.15, -0.1) is 0 Å². The van der Waals surface area contributed by atoms with E-state index in [2.05, 4.69) is 22.5 Å². The molecular weight excluding hydrogens is 859 g/mol. The summed E-state index contributed by atoms with van der Waals surface area (Å²) in [6.45, 7) is -1.18. The molecule has 5 aromatic rings. The molecule has 16 nitrogen and oxygen atoms in total. The lowest BCUT2D eigenvalue weighted by Gasteiger charge is -2.46. The third-order valence-electron chi connectivity index (χ3n) is 12.2. The molecule has 0 aromatic heterocycles. The van der Waals surface area contributed by atoms with Crippen LogP contribution in [0.3, 0.4) is 0 Å². The number of hydrogen-bond donors (Lipinski definition) is 5. The van der Waals surface area contributed by atoms with Gasteiger partial charge in [-0.3, -0.25) is 19.3 Å². The number of anilines is 1. The Morgan fingerprint density at radius 3 is 2.19 bits per heavy atom. The quantitative estimate of drug-likeness (QED) is 0.0596. The highest BCUT2D eigenvalue weighted by molar-refractivity contribution is 6.23. The van der Waals surface area contributed by atoms with Crippen molar-refractivity contribution in [2.24, 2.45) is 11.7 Å². The van der Waals surface area contributed by atoms with Crippen LogP contribution in [0.4, 0.5) is 15.3 Å². The van der Waals surface area contributed by atoms with Gasteiger partial charge in [0.25, 0.3) is 0 Å². The number of aliphatic hydroxyl groups is 2. The minimum atomic E-state index is -2.21. The number of ether oxygens (including phenoxy) is 4. The van der Waals surface area contributed by atoms with Crippen molar-refractivity contribution in [2.75, 3.05) is 51.5 Å². The van der Waals surface area contributed by atoms with Gasteiger partial charge in [0.05, 0.1) is 49.6 Å². The number of methoxy groups -OCH3 is 1. The van der Waals surface area contributed by atoms with Gasteiger partial charge < -0.3 is 45.5 Å². The number of cyclic esters (lactones) is 1. The van der Waals surface area contributed by atoms with Gasteiger partial charge in [0.2, 0.25) is 11.8 Å². The van der Waals surface area contributed by atoms with Crippen LogP contribution in [0.1, 0.15) is 57.7 Å². The number of urea groups is 1. The first-order valence-electron chi connectivity index (χ1n) is 21.7. The van der Waals surface area contributed by atoms with E-state index in [1.807, 2.05) is 65.6 Å². The second-order valence-corrected chi connectivity index (χ2v) is 16.0. The Hall–Kier alpha value is -7.55. The number of amides is 5. The highest BCUT2D eigenvalue weighted by Gasteiger charge is 2.76. The van der Waals surface area contributed by atoms with Crippen LogP contribution < -0.4 is 26.0 Å². The number of nitrogens with zero attached hydrogens (tertiary/aromatic N) is 2. The summed E-state index contributed by atoms with van der Waals surface area (Å²) in [4.78, 5) is 76.0. The summed E-state index contributed by atoms with van der Waals surface area (Å²) in [7, 11) is 1.43. The van der Waals surface area contributed by atoms with Crippen LogP contribution in [0.15, 0.2) is 133 Å². The van der Waals surface area contributed by atoms with Crippen LogP contribution in [0.25, 0.3) is 0 Å². The number of fused-ring (bicyclic) bond motifs is 3. The number of aliphatic hydroxyl groups excluding tert-OH is 2. The first kappa shape index (κ1) is 46.0. The lowest BCUT2D eigenvalue weighted by Crippen LogP contribution is -2.56. The topological polar surface area (TPSA) is 219 Å². The summed E-state index contributed by atoms with van der Waals surface area (Å²) in [5, 5.41) is 26.7. The second kappa shape index (κ2) is 20.3. The van der Waals surface area contributed by atoms with Crippen LogP contribution in [0.2, 0.25) is 0 Å². The summed E-state index contributed by atoms with van der Waals surface area (Å²) in [6, 6.07) is 34.0. The van der Waals surface area contributed by atoms with E-state index in [9.17, 15) is 19.8 Å². The summed E-state index contributed by atoms with van der Waals surface area (Å²) in [5.74, 6) is 1.84. The van der Waals surface area contributed by atoms with Crippen molar-refractivity contribution in [2.45, 2.75) is 35.7 Å². The maximum Gasteiger partial charge on any atom is 0.421 e. The van der Waals surface area contributed by atoms with Gasteiger partial charge in [-0.25, -0.2) is 14.5 Å². The zero-order valence-corrected chi connectivity index (χ0v) is 36.4. The molecule has 5 aromatic carbocycles. The first-order chi connectivity index (χ1) is 32.6. The number of imide groups is 1. The Balaban J connectivity index is 1.44. The van der Waals surface area contributed by atoms with E-state index < -0.39 is 71.6 Å². The molecule has 1 spiro atoms. The fourth-order valence-electron chi connectivity index (χ4n) is 9.58. The zero-order chi connectivity index (χ0) is 47.1. The number of morpholine rings is 1. The van der Waals surface area contributed by atoms with E-state index >= 15 is 14.4 Å². The van der Waals surface area contributed by atoms with E-state index in [-0.39, 0.29) is 56.5 Å². The van der Waals surface area contributed by atoms with Crippen LogP contribution in [-0.4, -0.2) is 97.7 Å². The zero-order valence-electron chi connectivity index (χ0n) is 36.4. The monoisotopic (exact) mass is 907 g/mol. The highest BCUT2D eigenvalue weighted by Crippen LogP contribution is 2.66. The molecule has 344 valence electrons. The Bertz CT molecular complexity index is 2680. The van der Waals surface area contributed by atoms with Crippen molar-refractivity contribution in [3.05, 3.63) is 167 Å². The average molecular weight is 908 g/mol. The largest absolute Gasteiger partial charge is 0.491 e. The van der Waals surface area contributed by atoms with Gasteiger partial charge in [-0.2, -0.15) is 0 Å².